The van der Waals surface area contributed by atoms with Gasteiger partial charge in [-0.3, -0.25) is 4.79 Å². The van der Waals surface area contributed by atoms with Crippen LogP contribution >= 0.6 is 27.3 Å². The summed E-state index contributed by atoms with van der Waals surface area (Å²) >= 11 is 4.56. The molecule has 0 aliphatic rings. The summed E-state index contributed by atoms with van der Waals surface area (Å²) in [5.41, 5.74) is 1.58. The van der Waals surface area contributed by atoms with Crippen molar-refractivity contribution < 1.29 is 14.3 Å². The van der Waals surface area contributed by atoms with Gasteiger partial charge in [0.2, 0.25) is 0 Å². The first-order valence-electron chi connectivity index (χ1n) is 6.94. The van der Waals surface area contributed by atoms with Gasteiger partial charge >= 0.3 is 5.97 Å². The van der Waals surface area contributed by atoms with E-state index in [1.54, 1.807) is 18.4 Å². The van der Waals surface area contributed by atoms with Crippen molar-refractivity contribution in [3.8, 4) is 6.07 Å². The normalized spacial score (nSPS) is 11.9. The Hall–Kier alpha value is -2.30. The van der Waals surface area contributed by atoms with Crippen LogP contribution in [0.1, 0.15) is 22.2 Å². The van der Waals surface area contributed by atoms with Crippen LogP contribution in [-0.2, 0) is 14.3 Å². The number of halogens is 1. The monoisotopic (exact) mass is 404 g/mol. The molecule has 0 amide bonds. The Labute approximate surface area is 151 Å². The van der Waals surface area contributed by atoms with E-state index in [9.17, 15) is 9.59 Å². The molecule has 2 aromatic rings. The van der Waals surface area contributed by atoms with Crippen LogP contribution in [0.25, 0.3) is 6.08 Å². The minimum atomic E-state index is -1.01. The van der Waals surface area contributed by atoms with Crippen molar-refractivity contribution in [1.82, 2.24) is 4.98 Å². The lowest BCUT2D eigenvalue weighted by molar-refractivity contribution is -0.143. The summed E-state index contributed by atoms with van der Waals surface area (Å²) in [5.74, 6) is -2.14. The van der Waals surface area contributed by atoms with E-state index in [-0.39, 0.29) is 0 Å². The largest absolute Gasteiger partial charge is 0.454 e. The molecule has 0 aliphatic heterocycles. The van der Waals surface area contributed by atoms with Crippen LogP contribution in [0.2, 0.25) is 0 Å². The molecule has 5 nitrogen and oxygen atoms in total. The zero-order valence-electron chi connectivity index (χ0n) is 12.7. The second kappa shape index (κ2) is 8.52. The average Bonchev–Trinajstić information content (AvgIpc) is 2.99. The third kappa shape index (κ3) is 5.11. The van der Waals surface area contributed by atoms with Crippen LogP contribution < -0.4 is 0 Å². The first-order valence-corrected chi connectivity index (χ1v) is 8.61. The van der Waals surface area contributed by atoms with Crippen molar-refractivity contribution in [3.63, 3.8) is 0 Å². The molecule has 1 aromatic heterocycles. The molecule has 0 radical (unpaired) electrons. The van der Waals surface area contributed by atoms with Crippen LogP contribution in [-0.4, -0.2) is 23.3 Å². The first-order chi connectivity index (χ1) is 11.5. The molecule has 7 heteroatoms. The third-order valence-electron chi connectivity index (χ3n) is 2.97. The van der Waals surface area contributed by atoms with Crippen LogP contribution in [0, 0.1) is 18.3 Å². The lowest BCUT2D eigenvalue weighted by atomic mass is 10.1. The second-order valence-electron chi connectivity index (χ2n) is 4.85. The van der Waals surface area contributed by atoms with Gasteiger partial charge in [0.25, 0.3) is 0 Å². The fourth-order valence-corrected chi connectivity index (χ4v) is 2.91. The number of Topliss-reactive ketones (excluding diaryl/α,β-unsaturated/α-hetero) is 1. The van der Waals surface area contributed by atoms with E-state index in [0.717, 1.165) is 15.7 Å². The number of esters is 1. The van der Waals surface area contributed by atoms with E-state index in [2.05, 4.69) is 20.9 Å². The number of hydrogen-bond donors (Lipinski definition) is 0. The molecule has 0 N–H and O–H groups in total. The Bertz CT molecular complexity index is 806. The van der Waals surface area contributed by atoms with Crippen LogP contribution in [0.4, 0.5) is 0 Å². The van der Waals surface area contributed by atoms with Crippen molar-refractivity contribution in [3.05, 3.63) is 56.5 Å². The topological polar surface area (TPSA) is 80.0 Å². The summed E-state index contributed by atoms with van der Waals surface area (Å²) in [6.07, 6.45) is 2.83. The van der Waals surface area contributed by atoms with E-state index in [1.165, 1.54) is 17.4 Å². The van der Waals surface area contributed by atoms with E-state index in [4.69, 9.17) is 10.00 Å². The number of thiazole rings is 1. The molecule has 24 heavy (non-hydrogen) atoms. The number of carbonyl (C=O) groups excluding carboxylic acids is 2. The highest BCUT2D eigenvalue weighted by molar-refractivity contribution is 9.10. The average molecular weight is 405 g/mol. The van der Waals surface area contributed by atoms with Crippen LogP contribution in [0.5, 0.6) is 0 Å². The van der Waals surface area contributed by atoms with Gasteiger partial charge in [0.05, 0.1) is 6.07 Å². The smallest absolute Gasteiger partial charge is 0.331 e. The number of nitrogens with zero attached hydrogens (tertiary/aromatic N) is 2. The zero-order valence-corrected chi connectivity index (χ0v) is 15.1. The number of rotatable bonds is 6. The Morgan fingerprint density at radius 2 is 2.12 bits per heavy atom. The molecule has 0 bridgehead atoms. The minimum Gasteiger partial charge on any atom is -0.454 e. The van der Waals surface area contributed by atoms with Crippen molar-refractivity contribution in [2.75, 3.05) is 6.61 Å². The number of aryl methyl sites for hydroxylation is 1. The van der Waals surface area contributed by atoms with Crippen molar-refractivity contribution in [2.24, 2.45) is 0 Å². The van der Waals surface area contributed by atoms with Gasteiger partial charge in [0.1, 0.15) is 5.01 Å². The minimum absolute atomic E-state index is 0.418. The predicted octanol–water partition coefficient (Wildman–Crippen LogP) is 3.65. The number of benzene rings is 1. The van der Waals surface area contributed by atoms with Crippen molar-refractivity contribution in [1.29, 1.82) is 5.26 Å². The third-order valence-corrected chi connectivity index (χ3v) is 4.53. The lowest BCUT2D eigenvalue weighted by Gasteiger charge is -2.05. The van der Waals surface area contributed by atoms with Gasteiger partial charge in [-0.1, -0.05) is 28.1 Å². The number of nitriles is 1. The van der Waals surface area contributed by atoms with Gasteiger partial charge in [-0.2, -0.15) is 5.26 Å². The Kier molecular flexibility index (Phi) is 6.41. The van der Waals surface area contributed by atoms with Crippen molar-refractivity contribution >= 4 is 45.1 Å². The molecular formula is C17H13BrN2O3S. The van der Waals surface area contributed by atoms with E-state index in [1.807, 2.05) is 30.3 Å². The maximum atomic E-state index is 12.0. The molecule has 0 aliphatic carbocycles. The quantitative estimate of drug-likeness (QED) is 0.542. The number of ether oxygens (including phenoxy) is 1. The molecule has 0 spiro atoms. The summed E-state index contributed by atoms with van der Waals surface area (Å²) < 4.78 is 5.84. The summed E-state index contributed by atoms with van der Waals surface area (Å²) in [7, 11) is 0. The van der Waals surface area contributed by atoms with Gasteiger partial charge in [-0.05, 0) is 30.7 Å². The highest BCUT2D eigenvalue weighted by atomic mass is 79.9. The maximum Gasteiger partial charge on any atom is 0.331 e. The molecule has 0 saturated heterocycles. The highest BCUT2D eigenvalue weighted by Gasteiger charge is 2.24. The SMILES string of the molecule is Cc1csc([C@H](C#N)C(=O)COC(=O)/C=C/c2ccc(Br)cc2)n1. The van der Waals surface area contributed by atoms with Crippen molar-refractivity contribution in [2.45, 2.75) is 12.8 Å². The molecule has 1 aromatic carbocycles. The highest BCUT2D eigenvalue weighted by Crippen LogP contribution is 2.20. The predicted molar refractivity (Wildman–Crippen MR) is 94.3 cm³/mol. The maximum absolute atomic E-state index is 12.0. The Balaban J connectivity index is 1.89. The number of ketones is 1. The number of carbonyl (C=O) groups is 2. The molecule has 0 unspecified atom stereocenters. The van der Waals surface area contributed by atoms with Gasteiger partial charge < -0.3 is 4.74 Å². The van der Waals surface area contributed by atoms with Gasteiger partial charge in [0, 0.05) is 21.6 Å². The molecule has 0 fully saturated rings. The molecule has 2 rings (SSSR count). The molecule has 1 heterocycles. The fourth-order valence-electron chi connectivity index (χ4n) is 1.78. The van der Waals surface area contributed by atoms with Gasteiger partial charge in [-0.25, -0.2) is 9.78 Å². The Morgan fingerprint density at radius 1 is 1.42 bits per heavy atom. The summed E-state index contributed by atoms with van der Waals surface area (Å²) in [6.45, 7) is 1.33. The number of aromatic nitrogens is 1. The summed E-state index contributed by atoms with van der Waals surface area (Å²) in [4.78, 5) is 27.8. The van der Waals surface area contributed by atoms with Crippen LogP contribution in [0.3, 0.4) is 0 Å². The fraction of sp³-hybridized carbons (Fsp3) is 0.176. The van der Waals surface area contributed by atoms with E-state index in [0.29, 0.717) is 5.01 Å². The molecular weight excluding hydrogens is 392 g/mol. The van der Waals surface area contributed by atoms with E-state index < -0.39 is 24.3 Å². The lowest BCUT2D eigenvalue weighted by Crippen LogP contribution is -2.19. The number of hydrogen-bond acceptors (Lipinski definition) is 6. The summed E-state index contributed by atoms with van der Waals surface area (Å²) in [5, 5.41) is 11.3. The standard InChI is InChI=1S/C17H13BrN2O3S/c1-11-10-24-17(20-11)14(8-19)15(21)9-23-16(22)7-4-12-2-5-13(18)6-3-12/h2-7,10,14H,9H2,1H3/b7-4+/t14-/m1/s1. The Morgan fingerprint density at radius 3 is 2.71 bits per heavy atom. The molecule has 0 saturated carbocycles. The van der Waals surface area contributed by atoms with Gasteiger partial charge in [0.15, 0.2) is 18.3 Å². The first kappa shape index (κ1) is 18.0. The van der Waals surface area contributed by atoms with Crippen LogP contribution in [0.15, 0.2) is 40.2 Å². The van der Waals surface area contributed by atoms with Gasteiger partial charge in [-0.15, -0.1) is 11.3 Å². The summed E-state index contributed by atoms with van der Waals surface area (Å²) in [6, 6.07) is 9.26. The van der Waals surface area contributed by atoms with E-state index >= 15 is 0 Å². The zero-order chi connectivity index (χ0) is 17.5. The second-order valence-corrected chi connectivity index (χ2v) is 6.65. The molecule has 122 valence electrons. The molecule has 1 atom stereocenters.